The fourth-order valence-electron chi connectivity index (χ4n) is 3.80. The summed E-state index contributed by atoms with van der Waals surface area (Å²) in [4.78, 5) is 0. The highest BCUT2D eigenvalue weighted by Gasteiger charge is 2.31. The van der Waals surface area contributed by atoms with Gasteiger partial charge in [-0.1, -0.05) is 26.0 Å². The monoisotopic (exact) mass is 296 g/mol. The lowest BCUT2D eigenvalue weighted by atomic mass is 9.74. The molecule has 0 aromatic heterocycles. The predicted molar refractivity (Wildman–Crippen MR) is 89.6 cm³/mol. The molecular formula is C20H24O2. The summed E-state index contributed by atoms with van der Waals surface area (Å²) in [5.74, 6) is 0.712. The maximum absolute atomic E-state index is 9.94. The minimum absolute atomic E-state index is 0.0832. The van der Waals surface area contributed by atoms with Crippen molar-refractivity contribution in [3.8, 4) is 11.5 Å². The molecule has 2 aromatic carbocycles. The Morgan fingerprint density at radius 3 is 2.45 bits per heavy atom. The fraction of sp³-hybridized carbons (Fsp3) is 0.400. The van der Waals surface area contributed by atoms with E-state index >= 15 is 0 Å². The third kappa shape index (κ3) is 2.70. The van der Waals surface area contributed by atoms with Crippen LogP contribution in [0.2, 0.25) is 0 Å². The Bertz CT molecular complexity index is 673. The Morgan fingerprint density at radius 1 is 1.05 bits per heavy atom. The van der Waals surface area contributed by atoms with E-state index in [1.165, 1.54) is 22.3 Å². The number of hydrogen-bond donors (Lipinski definition) is 2. The van der Waals surface area contributed by atoms with E-state index in [0.29, 0.717) is 11.5 Å². The van der Waals surface area contributed by atoms with Crippen LogP contribution in [-0.4, -0.2) is 10.2 Å². The maximum Gasteiger partial charge on any atom is 0.116 e. The molecule has 0 heterocycles. The number of aryl methyl sites for hydroxylation is 2. The molecule has 1 aliphatic carbocycles. The number of phenolic OH excluding ortho intramolecular Hbond substituents is 2. The van der Waals surface area contributed by atoms with Crippen LogP contribution in [-0.2, 0) is 24.7 Å². The third-order valence-corrected chi connectivity index (χ3v) is 5.11. The molecule has 0 radical (unpaired) electrons. The van der Waals surface area contributed by atoms with Gasteiger partial charge in [-0.05, 0) is 84.0 Å². The molecule has 0 aliphatic heterocycles. The highest BCUT2D eigenvalue weighted by atomic mass is 16.3. The van der Waals surface area contributed by atoms with E-state index < -0.39 is 0 Å². The predicted octanol–water partition coefficient (Wildman–Crippen LogP) is 4.50. The van der Waals surface area contributed by atoms with Gasteiger partial charge in [0.05, 0.1) is 0 Å². The molecule has 116 valence electrons. The topological polar surface area (TPSA) is 40.5 Å². The zero-order valence-electron chi connectivity index (χ0n) is 13.4. The van der Waals surface area contributed by atoms with E-state index in [1.54, 1.807) is 12.1 Å². The van der Waals surface area contributed by atoms with Crippen molar-refractivity contribution in [3.05, 3.63) is 58.7 Å². The summed E-state index contributed by atoms with van der Waals surface area (Å²) in [7, 11) is 0. The van der Waals surface area contributed by atoms with Crippen molar-refractivity contribution < 1.29 is 10.2 Å². The SMILES string of the molecule is CCc1cc(O)cc2c1CC(C)(c1ccc(O)cc1)CCC2. The zero-order valence-corrected chi connectivity index (χ0v) is 13.4. The first-order valence-electron chi connectivity index (χ1n) is 8.15. The Balaban J connectivity index is 2.05. The molecule has 1 aliphatic rings. The number of hydrogen-bond acceptors (Lipinski definition) is 2. The van der Waals surface area contributed by atoms with Gasteiger partial charge in [0, 0.05) is 0 Å². The van der Waals surface area contributed by atoms with E-state index in [0.717, 1.165) is 32.1 Å². The van der Waals surface area contributed by atoms with Crippen LogP contribution in [0.1, 0.15) is 48.9 Å². The molecule has 0 spiro atoms. The summed E-state index contributed by atoms with van der Waals surface area (Å²) in [5, 5.41) is 19.5. The van der Waals surface area contributed by atoms with Gasteiger partial charge in [-0.15, -0.1) is 0 Å². The van der Waals surface area contributed by atoms with Gasteiger partial charge in [0.25, 0.3) is 0 Å². The number of fused-ring (bicyclic) bond motifs is 1. The number of aromatic hydroxyl groups is 2. The fourth-order valence-corrected chi connectivity index (χ4v) is 3.80. The molecule has 0 saturated carbocycles. The summed E-state index contributed by atoms with van der Waals surface area (Å²) >= 11 is 0. The first kappa shape index (κ1) is 15.0. The Kier molecular flexibility index (Phi) is 3.86. The second-order valence-corrected chi connectivity index (χ2v) is 6.73. The van der Waals surface area contributed by atoms with Crippen molar-refractivity contribution in [2.24, 2.45) is 0 Å². The van der Waals surface area contributed by atoms with Gasteiger partial charge in [-0.25, -0.2) is 0 Å². The van der Waals surface area contributed by atoms with Crippen LogP contribution in [0.15, 0.2) is 36.4 Å². The quantitative estimate of drug-likeness (QED) is 0.801. The average molecular weight is 296 g/mol. The van der Waals surface area contributed by atoms with Crippen molar-refractivity contribution in [2.45, 2.75) is 51.4 Å². The van der Waals surface area contributed by atoms with E-state index in [-0.39, 0.29) is 5.41 Å². The standard InChI is InChI=1S/C20H24O2/c1-3-14-11-18(22)12-15-5-4-10-20(2,13-19(14)15)16-6-8-17(21)9-7-16/h6-9,11-12,21-22H,3-5,10,13H2,1-2H3. The van der Waals surface area contributed by atoms with Crippen LogP contribution in [0.5, 0.6) is 11.5 Å². The molecule has 22 heavy (non-hydrogen) atoms. The number of rotatable bonds is 2. The molecule has 0 bridgehead atoms. The summed E-state index contributed by atoms with van der Waals surface area (Å²) in [6.07, 6.45) is 5.22. The van der Waals surface area contributed by atoms with Crippen LogP contribution in [0.3, 0.4) is 0 Å². The highest BCUT2D eigenvalue weighted by Crippen LogP contribution is 2.40. The minimum Gasteiger partial charge on any atom is -0.508 e. The summed E-state index contributed by atoms with van der Waals surface area (Å²) in [5.41, 5.74) is 5.35. The number of phenols is 2. The first-order valence-corrected chi connectivity index (χ1v) is 8.15. The van der Waals surface area contributed by atoms with E-state index in [2.05, 4.69) is 13.8 Å². The summed E-state index contributed by atoms with van der Waals surface area (Å²) in [6, 6.07) is 11.5. The van der Waals surface area contributed by atoms with Crippen molar-refractivity contribution in [1.29, 1.82) is 0 Å². The van der Waals surface area contributed by atoms with Crippen molar-refractivity contribution in [2.75, 3.05) is 0 Å². The lowest BCUT2D eigenvalue weighted by Gasteiger charge is -2.30. The summed E-state index contributed by atoms with van der Waals surface area (Å²) in [6.45, 7) is 4.47. The van der Waals surface area contributed by atoms with Gasteiger partial charge in [0.2, 0.25) is 0 Å². The van der Waals surface area contributed by atoms with E-state index in [4.69, 9.17) is 0 Å². The molecule has 0 saturated heterocycles. The molecule has 2 heteroatoms. The van der Waals surface area contributed by atoms with Crippen molar-refractivity contribution in [1.82, 2.24) is 0 Å². The third-order valence-electron chi connectivity index (χ3n) is 5.11. The molecule has 1 atom stereocenters. The first-order chi connectivity index (χ1) is 10.5. The Labute approximate surface area is 132 Å². The second kappa shape index (κ2) is 5.68. The molecule has 3 rings (SSSR count). The van der Waals surface area contributed by atoms with Gasteiger partial charge in [-0.2, -0.15) is 0 Å². The summed E-state index contributed by atoms with van der Waals surface area (Å²) < 4.78 is 0. The van der Waals surface area contributed by atoms with E-state index in [9.17, 15) is 10.2 Å². The molecule has 0 amide bonds. The lowest BCUT2D eigenvalue weighted by Crippen LogP contribution is -2.24. The van der Waals surface area contributed by atoms with Gasteiger partial charge >= 0.3 is 0 Å². The van der Waals surface area contributed by atoms with Crippen molar-refractivity contribution in [3.63, 3.8) is 0 Å². The van der Waals surface area contributed by atoms with Crippen LogP contribution in [0.25, 0.3) is 0 Å². The normalized spacial score (nSPS) is 21.2. The van der Waals surface area contributed by atoms with Gasteiger partial charge in [-0.3, -0.25) is 0 Å². The average Bonchev–Trinajstić information content (AvgIpc) is 2.66. The highest BCUT2D eigenvalue weighted by molar-refractivity contribution is 5.45. The second-order valence-electron chi connectivity index (χ2n) is 6.73. The molecule has 1 unspecified atom stereocenters. The van der Waals surface area contributed by atoms with Crippen LogP contribution < -0.4 is 0 Å². The minimum atomic E-state index is 0.0832. The number of benzene rings is 2. The molecule has 0 fully saturated rings. The van der Waals surface area contributed by atoms with Crippen LogP contribution in [0.4, 0.5) is 0 Å². The van der Waals surface area contributed by atoms with Gasteiger partial charge in [0.15, 0.2) is 0 Å². The van der Waals surface area contributed by atoms with E-state index in [1.807, 2.05) is 24.3 Å². The van der Waals surface area contributed by atoms with Crippen molar-refractivity contribution >= 4 is 0 Å². The smallest absolute Gasteiger partial charge is 0.116 e. The van der Waals surface area contributed by atoms with Gasteiger partial charge in [0.1, 0.15) is 11.5 Å². The zero-order chi connectivity index (χ0) is 15.7. The Morgan fingerprint density at radius 2 is 1.77 bits per heavy atom. The van der Waals surface area contributed by atoms with Crippen LogP contribution in [0, 0.1) is 0 Å². The molecule has 2 aromatic rings. The lowest BCUT2D eigenvalue weighted by molar-refractivity contribution is 0.426. The largest absolute Gasteiger partial charge is 0.508 e. The van der Waals surface area contributed by atoms with Gasteiger partial charge < -0.3 is 10.2 Å². The Hall–Kier alpha value is -1.96. The maximum atomic E-state index is 9.94. The molecule has 2 nitrogen and oxygen atoms in total. The van der Waals surface area contributed by atoms with Crippen LogP contribution >= 0.6 is 0 Å². The molecule has 2 N–H and O–H groups in total. The molecular weight excluding hydrogens is 272 g/mol.